The summed E-state index contributed by atoms with van der Waals surface area (Å²) >= 11 is 0. The van der Waals surface area contributed by atoms with Gasteiger partial charge in [-0.3, -0.25) is 23.7 Å². The number of rotatable bonds is 43. The number of β-amino-alcohol motifs (C(OH)–C–C–N with tert-alkyl or cyclic N) is 1. The van der Waals surface area contributed by atoms with E-state index in [4.69, 9.17) is 42.4 Å². The van der Waals surface area contributed by atoms with E-state index in [1.807, 2.05) is 67.1 Å². The number of benzene rings is 2. The first-order valence-corrected chi connectivity index (χ1v) is 30.4. The first-order valence-electron chi connectivity index (χ1n) is 28.8. The van der Waals surface area contributed by atoms with Crippen LogP contribution in [-0.4, -0.2) is 203 Å². The molecule has 3 heterocycles. The van der Waals surface area contributed by atoms with Gasteiger partial charge in [-0.25, -0.2) is 4.68 Å². The quantitative estimate of drug-likeness (QED) is 0.0413. The van der Waals surface area contributed by atoms with Crippen molar-refractivity contribution in [3.8, 4) is 22.5 Å². The van der Waals surface area contributed by atoms with Crippen LogP contribution in [0.5, 0.6) is 0 Å². The fourth-order valence-corrected chi connectivity index (χ4v) is 9.57. The highest BCUT2D eigenvalue weighted by atomic mass is 31.2. The number of aliphatic hydroxyl groups excluding tert-OH is 1. The van der Waals surface area contributed by atoms with E-state index < -0.39 is 19.4 Å². The Bertz CT molecular complexity index is 2360. The van der Waals surface area contributed by atoms with E-state index in [9.17, 15) is 33.7 Å². The molecular formula is C57H90N7O16P. The summed E-state index contributed by atoms with van der Waals surface area (Å²) in [7, 11) is -3.60. The van der Waals surface area contributed by atoms with E-state index >= 15 is 0 Å². The number of anilines is 1. The van der Waals surface area contributed by atoms with Gasteiger partial charge in [-0.15, -0.1) is 5.10 Å². The van der Waals surface area contributed by atoms with Crippen molar-refractivity contribution >= 4 is 36.9 Å². The molecular weight excluding hydrogens is 1070 g/mol. The number of likely N-dealkylation sites (tertiary alicyclic amines) is 1. The van der Waals surface area contributed by atoms with Crippen molar-refractivity contribution in [2.24, 2.45) is 0 Å². The van der Waals surface area contributed by atoms with Gasteiger partial charge in [0, 0.05) is 56.4 Å². The molecule has 1 aromatic heterocycles. The number of amides is 4. The third-order valence-corrected chi connectivity index (χ3v) is 15.2. The number of fused-ring (bicyclic) bond motifs is 5. The minimum Gasteiger partial charge on any atom is -0.391 e. The minimum atomic E-state index is -3.60. The molecule has 2 aliphatic rings. The number of aromatic nitrogens is 3. The van der Waals surface area contributed by atoms with Crippen molar-refractivity contribution < 1.29 is 76.2 Å². The van der Waals surface area contributed by atoms with Crippen LogP contribution in [0.3, 0.4) is 0 Å². The van der Waals surface area contributed by atoms with Gasteiger partial charge >= 0.3 is 7.60 Å². The maximum atomic E-state index is 14.0. The summed E-state index contributed by atoms with van der Waals surface area (Å²) in [6.45, 7) is 14.6. The largest absolute Gasteiger partial charge is 0.391 e. The zero-order valence-electron chi connectivity index (χ0n) is 48.1. The summed E-state index contributed by atoms with van der Waals surface area (Å²) < 4.78 is 63.4. The summed E-state index contributed by atoms with van der Waals surface area (Å²) in [6, 6.07) is 15.6. The normalized spacial score (nSPS) is 15.8. The Morgan fingerprint density at radius 3 is 1.88 bits per heavy atom. The third-order valence-electron chi connectivity index (χ3n) is 13.4. The molecule has 4 N–H and O–H groups in total. The lowest BCUT2D eigenvalue weighted by Crippen LogP contribution is -2.39. The standard InChI is InChI=1S/C57H90N7O16P/c1-44(2)79-43-47-40-48(65)42-62(47)54(68)19-6-5-13-22-58-53(67)21-25-72-28-31-75-34-35-77-33-30-74-27-24-64-57-49-15-8-7-14-46(49)41-63(51-17-10-9-16-50(51)56(57)60-61-64)55(69)20-12-11-18-52(66)59-23-26-73-29-32-76-36-37-78-38-39-80-81(70,71)45(3)4/h7-10,14-17,44-45,47-48,65H,5-6,11-13,18-43H2,1-4H3,(H,58,67)(H,59,66)(H,70,71)/t47-,48+/m0/s1. The van der Waals surface area contributed by atoms with Gasteiger partial charge in [0.05, 0.1) is 154 Å². The molecule has 5 rings (SSSR count). The number of nitrogens with zero attached hydrogens (tertiary/aromatic N) is 5. The van der Waals surface area contributed by atoms with Crippen LogP contribution >= 0.6 is 7.60 Å². The minimum absolute atomic E-state index is 0.0325. The number of carbonyl (C=O) groups is 4. The van der Waals surface area contributed by atoms with Gasteiger partial charge in [-0.05, 0) is 57.6 Å². The van der Waals surface area contributed by atoms with Crippen LogP contribution in [0.1, 0.15) is 97.5 Å². The number of aliphatic hydroxyl groups is 1. The van der Waals surface area contributed by atoms with Gasteiger partial charge in [0.2, 0.25) is 23.6 Å². The Morgan fingerprint density at radius 2 is 1.20 bits per heavy atom. The molecule has 0 spiro atoms. The molecule has 24 heteroatoms. The fourth-order valence-electron chi connectivity index (χ4n) is 8.93. The second kappa shape index (κ2) is 38.2. The Labute approximate surface area is 477 Å². The average molecular weight is 1160 g/mol. The number of nitrogens with one attached hydrogen (secondary N) is 2. The molecule has 0 aliphatic carbocycles. The smallest absolute Gasteiger partial charge is 0.330 e. The van der Waals surface area contributed by atoms with Gasteiger partial charge in [0.15, 0.2) is 0 Å². The summed E-state index contributed by atoms with van der Waals surface area (Å²) in [5.41, 5.74) is 4.47. The van der Waals surface area contributed by atoms with Gasteiger partial charge in [-0.1, -0.05) is 67.9 Å². The van der Waals surface area contributed by atoms with E-state index in [2.05, 4.69) is 20.9 Å². The molecule has 3 atom stereocenters. The lowest BCUT2D eigenvalue weighted by molar-refractivity contribution is -0.134. The number of unbranched alkanes of at least 4 members (excludes halogenated alkanes) is 3. The molecule has 2 aliphatic heterocycles. The molecule has 3 aromatic rings. The second-order valence-electron chi connectivity index (χ2n) is 20.4. The number of para-hydroxylation sites is 1. The Kier molecular flexibility index (Phi) is 31.6. The van der Waals surface area contributed by atoms with Crippen LogP contribution in [-0.2, 0) is 79.3 Å². The number of ether oxygens (including phenoxy) is 8. The molecule has 4 amide bonds. The summed E-state index contributed by atoms with van der Waals surface area (Å²) in [5.74, 6) is -0.195. The van der Waals surface area contributed by atoms with Crippen LogP contribution in [0, 0.1) is 0 Å². The van der Waals surface area contributed by atoms with Crippen LogP contribution in [0.15, 0.2) is 48.5 Å². The number of hydrogen-bond acceptors (Lipinski definition) is 17. The lowest BCUT2D eigenvalue weighted by atomic mass is 9.95. The monoisotopic (exact) mass is 1160 g/mol. The molecule has 1 fully saturated rings. The topological polar surface area (TPSA) is 270 Å². The van der Waals surface area contributed by atoms with Crippen LogP contribution < -0.4 is 15.5 Å². The van der Waals surface area contributed by atoms with Gasteiger partial charge in [0.25, 0.3) is 0 Å². The zero-order chi connectivity index (χ0) is 58.1. The average Bonchev–Trinajstić information content (AvgIpc) is 4.16. The molecule has 2 aromatic carbocycles. The van der Waals surface area contributed by atoms with Crippen molar-refractivity contribution in [3.05, 3.63) is 54.1 Å². The van der Waals surface area contributed by atoms with Gasteiger partial charge in [0.1, 0.15) is 5.69 Å². The van der Waals surface area contributed by atoms with Crippen molar-refractivity contribution in [2.75, 3.05) is 130 Å². The number of hydrogen-bond donors (Lipinski definition) is 4. The summed E-state index contributed by atoms with van der Waals surface area (Å²) in [5, 5.41) is 25.0. The van der Waals surface area contributed by atoms with Crippen LogP contribution in [0.4, 0.5) is 5.69 Å². The molecule has 0 bridgehead atoms. The first kappa shape index (κ1) is 67.0. The van der Waals surface area contributed by atoms with E-state index in [0.717, 1.165) is 47.3 Å². The molecule has 81 heavy (non-hydrogen) atoms. The maximum Gasteiger partial charge on any atom is 0.330 e. The van der Waals surface area contributed by atoms with Crippen molar-refractivity contribution in [3.63, 3.8) is 0 Å². The van der Waals surface area contributed by atoms with Gasteiger partial charge in [-0.2, -0.15) is 0 Å². The van der Waals surface area contributed by atoms with E-state index in [1.54, 1.807) is 23.6 Å². The lowest BCUT2D eigenvalue weighted by Gasteiger charge is -2.28. The predicted molar refractivity (Wildman–Crippen MR) is 304 cm³/mol. The van der Waals surface area contributed by atoms with Crippen molar-refractivity contribution in [1.29, 1.82) is 0 Å². The van der Waals surface area contributed by atoms with Crippen molar-refractivity contribution in [2.45, 2.75) is 129 Å². The Morgan fingerprint density at radius 1 is 0.642 bits per heavy atom. The molecule has 23 nitrogen and oxygen atoms in total. The van der Waals surface area contributed by atoms with Crippen LogP contribution in [0.2, 0.25) is 0 Å². The third kappa shape index (κ3) is 24.9. The molecule has 454 valence electrons. The van der Waals surface area contributed by atoms with E-state index in [1.165, 1.54) is 0 Å². The predicted octanol–water partition coefficient (Wildman–Crippen LogP) is 5.32. The summed E-state index contributed by atoms with van der Waals surface area (Å²) in [6.07, 6.45) is 4.76. The maximum absolute atomic E-state index is 14.0. The second-order valence-corrected chi connectivity index (χ2v) is 22.8. The highest BCUT2D eigenvalue weighted by Gasteiger charge is 2.34. The number of carbonyl (C=O) groups excluding carboxylic acids is 4. The SMILES string of the molecule is CC(C)OC[C@@H]1C[C@@H](O)CN1C(=O)CCCCCNC(=O)CCOCCOCCOCCOCCn1nnc2c1-c1ccccc1CN(C(=O)CCCCC(=O)NCCOCCOCCOCCOP(=O)(O)C(C)C)c1ccccc1-2. The molecule has 0 radical (unpaired) electrons. The first-order chi connectivity index (χ1) is 39.2. The molecule has 1 saturated heterocycles. The van der Waals surface area contributed by atoms with E-state index in [0.29, 0.717) is 157 Å². The molecule has 1 unspecified atom stereocenters. The fraction of sp³-hybridized carbons (Fsp3) is 0.684. The van der Waals surface area contributed by atoms with Gasteiger partial charge < -0.3 is 72.9 Å². The molecule has 0 saturated carbocycles. The van der Waals surface area contributed by atoms with E-state index in [-0.39, 0.29) is 68.3 Å². The Balaban J connectivity index is 0.881. The van der Waals surface area contributed by atoms with Crippen LogP contribution in [0.25, 0.3) is 22.5 Å². The summed E-state index contributed by atoms with van der Waals surface area (Å²) in [4.78, 5) is 64.7. The van der Waals surface area contributed by atoms with Crippen molar-refractivity contribution in [1.82, 2.24) is 30.5 Å². The highest BCUT2D eigenvalue weighted by Crippen LogP contribution is 2.46. The Hall–Kier alpha value is -4.75. The highest BCUT2D eigenvalue weighted by molar-refractivity contribution is 7.53. The zero-order valence-corrected chi connectivity index (χ0v) is 49.0.